The van der Waals surface area contributed by atoms with E-state index < -0.39 is 0 Å². The van der Waals surface area contributed by atoms with Gasteiger partial charge in [0, 0.05) is 42.8 Å². The number of aliphatic hydroxyl groups is 1. The average molecular weight is 341 g/mol. The Morgan fingerprint density at radius 2 is 2.04 bits per heavy atom. The maximum Gasteiger partial charge on any atom is 0.227 e. The lowest BCUT2D eigenvalue weighted by molar-refractivity contribution is -0.132. The molecule has 0 aliphatic carbocycles. The first-order valence-corrected chi connectivity index (χ1v) is 8.42. The lowest BCUT2D eigenvalue weighted by atomic mass is 10.1. The van der Waals surface area contributed by atoms with Crippen LogP contribution in [-0.2, 0) is 11.2 Å². The van der Waals surface area contributed by atoms with Crippen LogP contribution < -0.4 is 4.74 Å². The summed E-state index contributed by atoms with van der Waals surface area (Å²) < 4.78 is 5.30. The quantitative estimate of drug-likeness (QED) is 0.858. The van der Waals surface area contributed by atoms with Crippen LogP contribution in [0.2, 0.25) is 5.02 Å². The molecule has 1 N–H and O–H groups in total. The molecule has 1 amide bonds. The Morgan fingerprint density at radius 3 is 2.61 bits per heavy atom. The lowest BCUT2D eigenvalue weighted by Gasteiger charge is -2.38. The van der Waals surface area contributed by atoms with Crippen molar-refractivity contribution in [3.8, 4) is 5.75 Å². The van der Waals surface area contributed by atoms with E-state index >= 15 is 0 Å². The summed E-state index contributed by atoms with van der Waals surface area (Å²) in [7, 11) is 1.58. The van der Waals surface area contributed by atoms with Crippen LogP contribution in [0, 0.1) is 0 Å². The molecule has 1 aromatic rings. The van der Waals surface area contributed by atoms with Crippen LogP contribution in [0.5, 0.6) is 5.75 Å². The Morgan fingerprint density at radius 1 is 1.35 bits per heavy atom. The van der Waals surface area contributed by atoms with Gasteiger partial charge in [-0.2, -0.15) is 0 Å². The number of piperazine rings is 1. The minimum Gasteiger partial charge on any atom is -0.496 e. The van der Waals surface area contributed by atoms with E-state index in [0.717, 1.165) is 25.1 Å². The highest BCUT2D eigenvalue weighted by atomic mass is 35.5. The molecular formula is C17H25ClN2O3. The third kappa shape index (κ3) is 4.37. The summed E-state index contributed by atoms with van der Waals surface area (Å²) in [6.07, 6.45) is 1.17. The molecule has 0 aromatic heterocycles. The highest BCUT2D eigenvalue weighted by Gasteiger charge is 2.25. The first kappa shape index (κ1) is 18.0. The normalized spacial score (nSPS) is 17.1. The lowest BCUT2D eigenvalue weighted by Crippen LogP contribution is -2.53. The fraction of sp³-hybridized carbons (Fsp3) is 0.588. The average Bonchev–Trinajstić information content (AvgIpc) is 2.58. The first-order chi connectivity index (χ1) is 11.1. The Balaban J connectivity index is 1.96. The van der Waals surface area contributed by atoms with E-state index in [9.17, 15) is 9.90 Å². The molecular weight excluding hydrogens is 316 g/mol. The number of hydrogen-bond acceptors (Lipinski definition) is 4. The van der Waals surface area contributed by atoms with Crippen molar-refractivity contribution >= 4 is 17.5 Å². The SMILES string of the molecule is CC[C@@H](CO)N1CCN(C(=O)Cc2c(Cl)cccc2OC)CC1. The van der Waals surface area contributed by atoms with E-state index in [4.69, 9.17) is 16.3 Å². The Kier molecular flexibility index (Phi) is 6.69. The van der Waals surface area contributed by atoms with Crippen molar-refractivity contribution in [2.75, 3.05) is 39.9 Å². The van der Waals surface area contributed by atoms with Gasteiger partial charge in [-0.3, -0.25) is 9.69 Å². The summed E-state index contributed by atoms with van der Waals surface area (Å²) >= 11 is 6.21. The molecule has 0 bridgehead atoms. The summed E-state index contributed by atoms with van der Waals surface area (Å²) in [5, 5.41) is 9.94. The van der Waals surface area contributed by atoms with Gasteiger partial charge < -0.3 is 14.7 Å². The Hall–Kier alpha value is -1.30. The van der Waals surface area contributed by atoms with Crippen molar-refractivity contribution in [2.45, 2.75) is 25.8 Å². The molecule has 5 nitrogen and oxygen atoms in total. The summed E-state index contributed by atoms with van der Waals surface area (Å²) in [5.41, 5.74) is 0.742. The van der Waals surface area contributed by atoms with Crippen LogP contribution in [-0.4, -0.2) is 66.8 Å². The Bertz CT molecular complexity index is 527. The second-order valence-electron chi connectivity index (χ2n) is 5.76. The van der Waals surface area contributed by atoms with Gasteiger partial charge in [0.2, 0.25) is 5.91 Å². The molecule has 0 radical (unpaired) electrons. The summed E-state index contributed by atoms with van der Waals surface area (Å²) in [5.74, 6) is 0.712. The van der Waals surface area contributed by atoms with Crippen LogP contribution in [0.15, 0.2) is 18.2 Å². The van der Waals surface area contributed by atoms with Gasteiger partial charge >= 0.3 is 0 Å². The first-order valence-electron chi connectivity index (χ1n) is 8.04. The van der Waals surface area contributed by atoms with Crippen molar-refractivity contribution < 1.29 is 14.6 Å². The van der Waals surface area contributed by atoms with Crippen LogP contribution in [0.1, 0.15) is 18.9 Å². The highest BCUT2D eigenvalue weighted by molar-refractivity contribution is 6.31. The standard InChI is InChI=1S/C17H25ClN2O3/c1-3-13(12-21)19-7-9-20(10-8-19)17(22)11-14-15(18)5-4-6-16(14)23-2/h4-6,13,21H,3,7-12H2,1-2H3/t13-/m0/s1. The maximum atomic E-state index is 12.5. The number of ether oxygens (including phenoxy) is 1. The number of carbonyl (C=O) groups excluding carboxylic acids is 1. The van der Waals surface area contributed by atoms with Crippen LogP contribution >= 0.6 is 11.6 Å². The van der Waals surface area contributed by atoms with Crippen molar-refractivity contribution in [3.05, 3.63) is 28.8 Å². The topological polar surface area (TPSA) is 53.0 Å². The van der Waals surface area contributed by atoms with Crippen LogP contribution in [0.3, 0.4) is 0 Å². The predicted molar refractivity (Wildman–Crippen MR) is 91.0 cm³/mol. The largest absolute Gasteiger partial charge is 0.496 e. The molecule has 128 valence electrons. The maximum absolute atomic E-state index is 12.5. The van der Waals surface area contributed by atoms with Gasteiger partial charge in [0.25, 0.3) is 0 Å². The van der Waals surface area contributed by atoms with Gasteiger partial charge in [-0.15, -0.1) is 0 Å². The molecule has 1 saturated heterocycles. The Labute approximate surface area is 142 Å². The molecule has 23 heavy (non-hydrogen) atoms. The minimum atomic E-state index is 0.0631. The molecule has 0 saturated carbocycles. The number of benzene rings is 1. The van der Waals surface area contributed by atoms with E-state index in [1.165, 1.54) is 0 Å². The summed E-state index contributed by atoms with van der Waals surface area (Å²) in [6.45, 7) is 5.20. The molecule has 1 aromatic carbocycles. The zero-order chi connectivity index (χ0) is 16.8. The number of rotatable bonds is 6. The molecule has 1 aliphatic heterocycles. The molecule has 0 spiro atoms. The van der Waals surface area contributed by atoms with E-state index in [1.807, 2.05) is 17.0 Å². The third-order valence-electron chi connectivity index (χ3n) is 4.49. The second kappa shape index (κ2) is 8.52. The van der Waals surface area contributed by atoms with Gasteiger partial charge in [-0.25, -0.2) is 0 Å². The number of hydrogen-bond donors (Lipinski definition) is 1. The van der Waals surface area contributed by atoms with E-state index in [0.29, 0.717) is 23.9 Å². The van der Waals surface area contributed by atoms with Gasteiger partial charge in [0.1, 0.15) is 5.75 Å². The molecule has 0 unspecified atom stereocenters. The van der Waals surface area contributed by atoms with Crippen molar-refractivity contribution in [1.29, 1.82) is 0 Å². The van der Waals surface area contributed by atoms with Gasteiger partial charge in [-0.1, -0.05) is 24.6 Å². The summed E-state index contributed by atoms with van der Waals surface area (Å²) in [4.78, 5) is 16.7. The van der Waals surface area contributed by atoms with Crippen molar-refractivity contribution in [3.63, 3.8) is 0 Å². The monoisotopic (exact) mass is 340 g/mol. The highest BCUT2D eigenvalue weighted by Crippen LogP contribution is 2.27. The van der Waals surface area contributed by atoms with Gasteiger partial charge in [0.15, 0.2) is 0 Å². The number of nitrogens with zero attached hydrogens (tertiary/aromatic N) is 2. The van der Waals surface area contributed by atoms with Crippen LogP contribution in [0.25, 0.3) is 0 Å². The number of methoxy groups -OCH3 is 1. The molecule has 1 atom stereocenters. The van der Waals surface area contributed by atoms with E-state index in [1.54, 1.807) is 13.2 Å². The van der Waals surface area contributed by atoms with Gasteiger partial charge in [0.05, 0.1) is 20.1 Å². The van der Waals surface area contributed by atoms with Gasteiger partial charge in [-0.05, 0) is 18.6 Å². The third-order valence-corrected chi connectivity index (χ3v) is 4.84. The number of carbonyl (C=O) groups is 1. The zero-order valence-corrected chi connectivity index (χ0v) is 14.6. The number of aliphatic hydroxyl groups excluding tert-OH is 1. The molecule has 2 rings (SSSR count). The molecule has 1 aliphatic rings. The van der Waals surface area contributed by atoms with E-state index in [2.05, 4.69) is 11.8 Å². The fourth-order valence-electron chi connectivity index (χ4n) is 3.00. The second-order valence-corrected chi connectivity index (χ2v) is 6.17. The van der Waals surface area contributed by atoms with Crippen molar-refractivity contribution in [1.82, 2.24) is 9.80 Å². The smallest absolute Gasteiger partial charge is 0.227 e. The van der Waals surface area contributed by atoms with Crippen LogP contribution in [0.4, 0.5) is 0 Å². The molecule has 1 heterocycles. The number of halogens is 1. The molecule has 1 fully saturated rings. The fourth-order valence-corrected chi connectivity index (χ4v) is 3.24. The zero-order valence-electron chi connectivity index (χ0n) is 13.8. The molecule has 6 heteroatoms. The minimum absolute atomic E-state index is 0.0631. The van der Waals surface area contributed by atoms with E-state index in [-0.39, 0.29) is 25.0 Å². The number of amides is 1. The summed E-state index contributed by atoms with van der Waals surface area (Å²) in [6, 6.07) is 5.60. The predicted octanol–water partition coefficient (Wildman–Crippen LogP) is 1.81. The van der Waals surface area contributed by atoms with Crippen molar-refractivity contribution in [2.24, 2.45) is 0 Å².